The van der Waals surface area contributed by atoms with Crippen molar-refractivity contribution in [3.05, 3.63) is 54.0 Å². The molecule has 2 aromatic rings. The van der Waals surface area contributed by atoms with Crippen molar-refractivity contribution in [3.8, 4) is 5.75 Å². The zero-order valence-electron chi connectivity index (χ0n) is 11.3. The number of hydrogen-bond acceptors (Lipinski definition) is 3. The molecule has 20 heavy (non-hydrogen) atoms. The Morgan fingerprint density at radius 3 is 2.65 bits per heavy atom. The standard InChI is InChI=1S/C15H16ClNO3/c1-10(16)15(18)17-14(13-8-5-9-20-13)11-6-3-4-7-12(11)19-2/h3-10,14H,1-2H3,(H,17,18). The van der Waals surface area contributed by atoms with Crippen molar-refractivity contribution >= 4 is 17.5 Å². The van der Waals surface area contributed by atoms with Crippen LogP contribution < -0.4 is 10.1 Å². The van der Waals surface area contributed by atoms with Gasteiger partial charge in [-0.2, -0.15) is 0 Å². The van der Waals surface area contributed by atoms with Gasteiger partial charge >= 0.3 is 0 Å². The zero-order chi connectivity index (χ0) is 14.5. The number of carbonyl (C=O) groups is 1. The normalized spacial score (nSPS) is 13.6. The number of amides is 1. The topological polar surface area (TPSA) is 51.5 Å². The van der Waals surface area contributed by atoms with Gasteiger partial charge in [0.15, 0.2) is 0 Å². The third-order valence-electron chi connectivity index (χ3n) is 2.93. The van der Waals surface area contributed by atoms with E-state index in [0.717, 1.165) is 5.56 Å². The van der Waals surface area contributed by atoms with E-state index in [1.165, 1.54) is 0 Å². The van der Waals surface area contributed by atoms with Crippen LogP contribution >= 0.6 is 11.6 Å². The van der Waals surface area contributed by atoms with Crippen LogP contribution in [0.3, 0.4) is 0 Å². The lowest BCUT2D eigenvalue weighted by Gasteiger charge is -2.20. The Morgan fingerprint density at radius 1 is 1.30 bits per heavy atom. The van der Waals surface area contributed by atoms with Gasteiger partial charge in [-0.25, -0.2) is 0 Å². The van der Waals surface area contributed by atoms with E-state index in [1.807, 2.05) is 24.3 Å². The van der Waals surface area contributed by atoms with Crippen molar-refractivity contribution < 1.29 is 13.9 Å². The fraction of sp³-hybridized carbons (Fsp3) is 0.267. The maximum Gasteiger partial charge on any atom is 0.238 e. The Balaban J connectivity index is 2.39. The predicted octanol–water partition coefficient (Wildman–Crippen LogP) is 3.12. The van der Waals surface area contributed by atoms with Gasteiger partial charge in [-0.1, -0.05) is 18.2 Å². The summed E-state index contributed by atoms with van der Waals surface area (Å²) in [4.78, 5) is 11.9. The molecule has 4 nitrogen and oxygen atoms in total. The molecular formula is C15H16ClNO3. The Morgan fingerprint density at radius 2 is 2.05 bits per heavy atom. The Labute approximate surface area is 122 Å². The Kier molecular flexibility index (Phi) is 4.69. The van der Waals surface area contributed by atoms with Crippen LogP contribution in [0, 0.1) is 0 Å². The second-order valence-corrected chi connectivity index (χ2v) is 4.97. The van der Waals surface area contributed by atoms with Gasteiger partial charge < -0.3 is 14.5 Å². The van der Waals surface area contributed by atoms with Crippen LogP contribution in [0.1, 0.15) is 24.3 Å². The first-order chi connectivity index (χ1) is 9.63. The van der Waals surface area contributed by atoms with Gasteiger partial charge in [-0.05, 0) is 25.1 Å². The molecule has 0 fully saturated rings. The number of benzene rings is 1. The summed E-state index contributed by atoms with van der Waals surface area (Å²) in [6, 6.07) is 10.6. The van der Waals surface area contributed by atoms with Gasteiger partial charge in [0, 0.05) is 5.56 Å². The lowest BCUT2D eigenvalue weighted by Crippen LogP contribution is -2.34. The molecule has 1 amide bonds. The number of para-hydroxylation sites is 1. The highest BCUT2D eigenvalue weighted by molar-refractivity contribution is 6.30. The monoisotopic (exact) mass is 293 g/mol. The molecule has 0 bridgehead atoms. The smallest absolute Gasteiger partial charge is 0.238 e. The third-order valence-corrected chi connectivity index (χ3v) is 3.12. The first kappa shape index (κ1) is 14.5. The number of furan rings is 1. The van der Waals surface area contributed by atoms with Crippen molar-refractivity contribution in [3.63, 3.8) is 0 Å². The molecular weight excluding hydrogens is 278 g/mol. The molecule has 1 N–H and O–H groups in total. The van der Waals surface area contributed by atoms with Crippen LogP contribution in [-0.4, -0.2) is 18.4 Å². The zero-order valence-corrected chi connectivity index (χ0v) is 12.1. The van der Waals surface area contributed by atoms with Crippen molar-refractivity contribution in [2.75, 3.05) is 7.11 Å². The van der Waals surface area contributed by atoms with E-state index in [4.69, 9.17) is 20.8 Å². The molecule has 0 aliphatic rings. The molecule has 0 saturated heterocycles. The average Bonchev–Trinajstić information content (AvgIpc) is 2.98. The van der Waals surface area contributed by atoms with E-state index >= 15 is 0 Å². The molecule has 5 heteroatoms. The van der Waals surface area contributed by atoms with Gasteiger partial charge in [-0.15, -0.1) is 11.6 Å². The summed E-state index contributed by atoms with van der Waals surface area (Å²) in [7, 11) is 1.59. The molecule has 2 atom stereocenters. The molecule has 1 heterocycles. The number of carbonyl (C=O) groups excluding carboxylic acids is 1. The highest BCUT2D eigenvalue weighted by Gasteiger charge is 2.24. The van der Waals surface area contributed by atoms with Gasteiger partial charge in [0.2, 0.25) is 5.91 Å². The maximum absolute atomic E-state index is 11.9. The lowest BCUT2D eigenvalue weighted by atomic mass is 10.0. The van der Waals surface area contributed by atoms with E-state index in [0.29, 0.717) is 11.5 Å². The summed E-state index contributed by atoms with van der Waals surface area (Å²) in [5.74, 6) is 1.04. The van der Waals surface area contributed by atoms with E-state index < -0.39 is 11.4 Å². The molecule has 0 spiro atoms. The van der Waals surface area contributed by atoms with Crippen molar-refractivity contribution in [2.45, 2.75) is 18.3 Å². The summed E-state index contributed by atoms with van der Waals surface area (Å²) >= 11 is 5.82. The number of halogens is 1. The first-order valence-corrected chi connectivity index (χ1v) is 6.68. The average molecular weight is 294 g/mol. The van der Waals surface area contributed by atoms with Crippen LogP contribution in [0.2, 0.25) is 0 Å². The molecule has 1 aromatic carbocycles. The van der Waals surface area contributed by atoms with Crippen molar-refractivity contribution in [1.82, 2.24) is 5.32 Å². The Bertz CT molecular complexity index is 566. The van der Waals surface area contributed by atoms with E-state index in [1.54, 1.807) is 32.4 Å². The van der Waals surface area contributed by atoms with Gasteiger partial charge in [-0.3, -0.25) is 4.79 Å². The molecule has 106 valence electrons. The quantitative estimate of drug-likeness (QED) is 0.862. The van der Waals surface area contributed by atoms with E-state index in [-0.39, 0.29) is 5.91 Å². The molecule has 0 aliphatic carbocycles. The van der Waals surface area contributed by atoms with Gasteiger partial charge in [0.05, 0.1) is 13.4 Å². The van der Waals surface area contributed by atoms with Crippen LogP contribution in [0.4, 0.5) is 0 Å². The van der Waals surface area contributed by atoms with Crippen molar-refractivity contribution in [1.29, 1.82) is 0 Å². The molecule has 1 aromatic heterocycles. The minimum atomic E-state index is -0.623. The van der Waals surface area contributed by atoms with Gasteiger partial charge in [0.25, 0.3) is 0 Å². The third kappa shape index (κ3) is 3.14. The Hall–Kier alpha value is -1.94. The molecule has 0 saturated carbocycles. The summed E-state index contributed by atoms with van der Waals surface area (Å²) in [5.41, 5.74) is 0.815. The second-order valence-electron chi connectivity index (χ2n) is 4.31. The molecule has 2 rings (SSSR count). The first-order valence-electron chi connectivity index (χ1n) is 6.24. The number of hydrogen-bond donors (Lipinski definition) is 1. The van der Waals surface area contributed by atoms with E-state index in [9.17, 15) is 4.79 Å². The number of alkyl halides is 1. The van der Waals surface area contributed by atoms with Crippen molar-refractivity contribution in [2.24, 2.45) is 0 Å². The summed E-state index contributed by atoms with van der Waals surface area (Å²) < 4.78 is 10.8. The second kappa shape index (κ2) is 6.48. The van der Waals surface area contributed by atoms with Crippen LogP contribution in [-0.2, 0) is 4.79 Å². The summed E-state index contributed by atoms with van der Waals surface area (Å²) in [6.07, 6.45) is 1.56. The highest BCUT2D eigenvalue weighted by atomic mass is 35.5. The fourth-order valence-corrected chi connectivity index (χ4v) is 1.98. The largest absolute Gasteiger partial charge is 0.496 e. The minimum Gasteiger partial charge on any atom is -0.496 e. The minimum absolute atomic E-state index is 0.265. The predicted molar refractivity (Wildman–Crippen MR) is 77.0 cm³/mol. The SMILES string of the molecule is COc1ccccc1C(NC(=O)C(C)Cl)c1ccco1. The fourth-order valence-electron chi connectivity index (χ4n) is 1.92. The maximum atomic E-state index is 11.9. The number of nitrogens with one attached hydrogen (secondary N) is 1. The molecule has 0 aliphatic heterocycles. The number of rotatable bonds is 5. The summed E-state index contributed by atoms with van der Waals surface area (Å²) in [5, 5.41) is 2.24. The van der Waals surface area contributed by atoms with E-state index in [2.05, 4.69) is 5.32 Å². The van der Waals surface area contributed by atoms with Crippen LogP contribution in [0.15, 0.2) is 47.1 Å². The molecule has 0 radical (unpaired) electrons. The van der Waals surface area contributed by atoms with Gasteiger partial charge in [0.1, 0.15) is 22.9 Å². The van der Waals surface area contributed by atoms with Crippen LogP contribution in [0.5, 0.6) is 5.75 Å². The molecule has 2 unspecified atom stereocenters. The van der Waals surface area contributed by atoms with Crippen LogP contribution in [0.25, 0.3) is 0 Å². The highest BCUT2D eigenvalue weighted by Crippen LogP contribution is 2.30. The lowest BCUT2D eigenvalue weighted by molar-refractivity contribution is -0.121. The number of ether oxygens (including phenoxy) is 1. The summed E-state index contributed by atoms with van der Waals surface area (Å²) in [6.45, 7) is 1.62. The number of methoxy groups -OCH3 is 1.